The number of ether oxygens (including phenoxy) is 8. The highest BCUT2D eigenvalue weighted by atomic mass is 16.8. The Morgan fingerprint density at radius 2 is 0.811 bits per heavy atom. The molecule has 0 spiro atoms. The highest BCUT2D eigenvalue weighted by Gasteiger charge is 2.54. The molecular formula is C18H26O19. The predicted molar refractivity (Wildman–Crippen MR) is 101 cm³/mol. The summed E-state index contributed by atoms with van der Waals surface area (Å²) in [6.07, 6.45) is -29.2. The van der Waals surface area contributed by atoms with Gasteiger partial charge in [-0.25, -0.2) is 0 Å². The van der Waals surface area contributed by atoms with Crippen LogP contribution in [0.5, 0.6) is 0 Å². The minimum absolute atomic E-state index is 0.126. The van der Waals surface area contributed by atoms with E-state index in [-0.39, 0.29) is 19.4 Å². The highest BCUT2D eigenvalue weighted by molar-refractivity contribution is 5.38. The van der Waals surface area contributed by atoms with E-state index < -0.39 is 92.7 Å². The molecule has 19 heteroatoms. The van der Waals surface area contributed by atoms with E-state index in [2.05, 4.69) is 14.2 Å². The summed E-state index contributed by atoms with van der Waals surface area (Å²) in [5.41, 5.74) is 0. The molecule has 3 heterocycles. The van der Waals surface area contributed by atoms with E-state index in [9.17, 15) is 55.2 Å². The summed E-state index contributed by atoms with van der Waals surface area (Å²) in [4.78, 5) is 32.4. The maximum atomic E-state index is 11.0. The molecule has 212 valence electrons. The molecule has 0 saturated carbocycles. The normalized spacial score (nSPS) is 48.5. The van der Waals surface area contributed by atoms with Gasteiger partial charge in [-0.1, -0.05) is 0 Å². The fourth-order valence-corrected chi connectivity index (χ4v) is 3.76. The van der Waals surface area contributed by atoms with Crippen LogP contribution in [0.4, 0.5) is 0 Å². The van der Waals surface area contributed by atoms with E-state index in [0.717, 1.165) is 0 Å². The van der Waals surface area contributed by atoms with Crippen LogP contribution in [0.3, 0.4) is 0 Å². The second kappa shape index (κ2) is 12.6. The van der Waals surface area contributed by atoms with Crippen LogP contribution in [0.25, 0.3) is 0 Å². The first-order chi connectivity index (χ1) is 17.5. The van der Waals surface area contributed by atoms with E-state index in [1.54, 1.807) is 0 Å². The van der Waals surface area contributed by atoms with Crippen molar-refractivity contribution in [2.45, 2.75) is 92.7 Å². The molecule has 3 aliphatic heterocycles. The zero-order valence-electron chi connectivity index (χ0n) is 18.5. The van der Waals surface area contributed by atoms with Gasteiger partial charge in [-0.2, -0.15) is 0 Å². The minimum atomic E-state index is -2.09. The van der Waals surface area contributed by atoms with E-state index >= 15 is 0 Å². The molecule has 15 atom stereocenters. The van der Waals surface area contributed by atoms with Crippen molar-refractivity contribution < 1.29 is 93.1 Å². The van der Waals surface area contributed by atoms with Crippen LogP contribution in [-0.2, 0) is 52.3 Å². The first-order valence-corrected chi connectivity index (χ1v) is 10.5. The molecule has 19 nitrogen and oxygen atoms in total. The van der Waals surface area contributed by atoms with Gasteiger partial charge in [0.15, 0.2) is 31.1 Å². The molecular weight excluding hydrogens is 520 g/mol. The number of hydrogen-bond donors (Lipinski definition) is 8. The van der Waals surface area contributed by atoms with E-state index in [1.165, 1.54) is 0 Å². The number of aliphatic hydroxyl groups excluding tert-OH is 8. The Labute approximate surface area is 206 Å². The molecule has 0 aromatic rings. The van der Waals surface area contributed by atoms with Crippen molar-refractivity contribution in [3.05, 3.63) is 0 Å². The summed E-state index contributed by atoms with van der Waals surface area (Å²) in [6, 6.07) is 0. The topological polar surface area (TPSA) is 287 Å². The third-order valence-corrected chi connectivity index (χ3v) is 5.70. The van der Waals surface area contributed by atoms with Crippen molar-refractivity contribution in [2.75, 3.05) is 0 Å². The molecule has 0 aliphatic carbocycles. The van der Waals surface area contributed by atoms with Crippen molar-refractivity contribution in [1.29, 1.82) is 0 Å². The fourth-order valence-electron chi connectivity index (χ4n) is 3.76. The largest absolute Gasteiger partial charge is 0.435 e. The van der Waals surface area contributed by atoms with Crippen molar-refractivity contribution in [3.63, 3.8) is 0 Å². The van der Waals surface area contributed by atoms with Crippen LogP contribution in [0.1, 0.15) is 0 Å². The molecule has 8 N–H and O–H groups in total. The molecule has 6 unspecified atom stereocenters. The molecule has 3 rings (SSSR count). The Morgan fingerprint density at radius 1 is 0.432 bits per heavy atom. The highest BCUT2D eigenvalue weighted by Crippen LogP contribution is 2.32. The van der Waals surface area contributed by atoms with Crippen molar-refractivity contribution in [3.8, 4) is 0 Å². The van der Waals surface area contributed by atoms with Gasteiger partial charge in [0, 0.05) is 0 Å². The minimum Gasteiger partial charge on any atom is -0.435 e. The first-order valence-electron chi connectivity index (χ1n) is 10.5. The molecule has 3 fully saturated rings. The summed E-state index contributed by atoms with van der Waals surface area (Å²) in [6.45, 7) is -0.414. The van der Waals surface area contributed by atoms with Crippen LogP contribution in [0.15, 0.2) is 0 Å². The van der Waals surface area contributed by atoms with Crippen molar-refractivity contribution in [2.24, 2.45) is 0 Å². The molecule has 37 heavy (non-hydrogen) atoms. The summed E-state index contributed by atoms with van der Waals surface area (Å²) in [5, 5.41) is 80.8. The summed E-state index contributed by atoms with van der Waals surface area (Å²) < 4.78 is 39.4. The Balaban J connectivity index is 1.77. The smallest absolute Gasteiger partial charge is 0.295 e. The van der Waals surface area contributed by atoms with Gasteiger partial charge in [0.25, 0.3) is 19.4 Å². The summed E-state index contributed by atoms with van der Waals surface area (Å²) in [5.74, 6) is 0. The van der Waals surface area contributed by atoms with Gasteiger partial charge in [-0.15, -0.1) is 0 Å². The van der Waals surface area contributed by atoms with Crippen LogP contribution in [-0.4, -0.2) is 153 Å². The van der Waals surface area contributed by atoms with Gasteiger partial charge in [-0.3, -0.25) is 14.4 Å². The zero-order valence-corrected chi connectivity index (χ0v) is 18.5. The Morgan fingerprint density at radius 3 is 1.32 bits per heavy atom. The Bertz CT molecular complexity index is 769. The number of carbonyl (C=O) groups excluding carboxylic acids is 3. The molecule has 0 amide bonds. The van der Waals surface area contributed by atoms with E-state index in [1.807, 2.05) is 0 Å². The number of hydrogen-bond acceptors (Lipinski definition) is 19. The molecule has 0 aromatic heterocycles. The van der Waals surface area contributed by atoms with Crippen LogP contribution in [0.2, 0.25) is 0 Å². The SMILES string of the molecule is O=COC1O[C@@H](O[C@H]2C(O)C(O)[C@H](O)O[C@H]2OC=O)[C@H](O)C(O)[C@@H]1O[C@@H]1O[C@@H](OC=O)[C@@H](O)C(O)C1O. The third-order valence-electron chi connectivity index (χ3n) is 5.70. The number of aliphatic hydroxyl groups is 8. The monoisotopic (exact) mass is 546 g/mol. The average Bonchev–Trinajstić information content (AvgIpc) is 2.87. The zero-order chi connectivity index (χ0) is 27.4. The van der Waals surface area contributed by atoms with Gasteiger partial charge < -0.3 is 78.7 Å². The lowest BCUT2D eigenvalue weighted by atomic mass is 10.0. The Kier molecular flexibility index (Phi) is 10.0. The predicted octanol–water partition coefficient (Wildman–Crippen LogP) is -7.16. The lowest BCUT2D eigenvalue weighted by Gasteiger charge is -2.46. The maximum absolute atomic E-state index is 11.0. The average molecular weight is 546 g/mol. The molecule has 3 aliphatic rings. The van der Waals surface area contributed by atoms with Gasteiger partial charge >= 0.3 is 0 Å². The van der Waals surface area contributed by atoms with Gasteiger partial charge in [-0.05, 0) is 0 Å². The third kappa shape index (κ3) is 6.15. The van der Waals surface area contributed by atoms with Crippen LogP contribution >= 0.6 is 0 Å². The summed E-state index contributed by atoms with van der Waals surface area (Å²) >= 11 is 0. The standard InChI is InChI=1S/C18H26O19/c19-1-30-14-8(26)4(22)9(27)15(36-14)34-12-6(24)10(28)16(37-18(12)32-3-21)33-11-5(23)7(25)13(29)35-17(11)31-2-20/h1-18,22-29H/t4?,5?,6?,7?,8-,9?,10+,11-,12-,13+,14+,15+,16+,17+,18?/m0/s1. The molecule has 0 aromatic carbocycles. The number of rotatable bonds is 10. The van der Waals surface area contributed by atoms with Gasteiger partial charge in [0.2, 0.25) is 18.9 Å². The van der Waals surface area contributed by atoms with Crippen LogP contribution < -0.4 is 0 Å². The summed E-state index contributed by atoms with van der Waals surface area (Å²) in [7, 11) is 0. The van der Waals surface area contributed by atoms with E-state index in [4.69, 9.17) is 23.7 Å². The van der Waals surface area contributed by atoms with Crippen LogP contribution in [0, 0.1) is 0 Å². The molecule has 0 radical (unpaired) electrons. The number of carbonyl (C=O) groups is 3. The van der Waals surface area contributed by atoms with Crippen molar-refractivity contribution in [1.82, 2.24) is 0 Å². The van der Waals surface area contributed by atoms with Gasteiger partial charge in [0.05, 0.1) is 0 Å². The second-order valence-corrected chi connectivity index (χ2v) is 7.97. The first kappa shape index (κ1) is 29.4. The Hall–Kier alpha value is -2.11. The van der Waals surface area contributed by atoms with E-state index in [0.29, 0.717) is 0 Å². The lowest BCUT2D eigenvalue weighted by molar-refractivity contribution is -0.412. The van der Waals surface area contributed by atoms with Crippen molar-refractivity contribution >= 4 is 19.4 Å². The lowest BCUT2D eigenvalue weighted by Crippen LogP contribution is -2.66. The quantitative estimate of drug-likeness (QED) is 0.0932. The molecule has 0 bridgehead atoms. The second-order valence-electron chi connectivity index (χ2n) is 7.97. The molecule has 3 saturated heterocycles. The fraction of sp³-hybridized carbons (Fsp3) is 0.833. The van der Waals surface area contributed by atoms with Gasteiger partial charge in [0.1, 0.15) is 42.7 Å². The maximum Gasteiger partial charge on any atom is 0.295 e.